The number of nitrogens with zero attached hydrogens (tertiary/aromatic N) is 1. The molecule has 0 aromatic carbocycles. The zero-order valence-corrected chi connectivity index (χ0v) is 12.5. The van der Waals surface area contributed by atoms with Crippen molar-refractivity contribution >= 4 is 11.8 Å². The number of nitrogens with one attached hydrogen (secondary N) is 1. The lowest BCUT2D eigenvalue weighted by Gasteiger charge is -2.41. The monoisotopic (exact) mass is 278 g/mol. The third kappa shape index (κ3) is 3.84. The molecule has 1 aliphatic heterocycles. The van der Waals surface area contributed by atoms with Gasteiger partial charge < -0.3 is 10.2 Å². The molecule has 4 heteroatoms. The summed E-state index contributed by atoms with van der Waals surface area (Å²) in [5.74, 6) is 1.57. The molecule has 0 radical (unpaired) electrons. The molecule has 0 aromatic heterocycles. The maximum absolute atomic E-state index is 12.2. The van der Waals surface area contributed by atoms with E-state index in [1.54, 1.807) is 6.92 Å². The van der Waals surface area contributed by atoms with E-state index in [2.05, 4.69) is 11.9 Å². The molecule has 2 atom stereocenters. The van der Waals surface area contributed by atoms with Gasteiger partial charge in [-0.1, -0.05) is 25.8 Å². The van der Waals surface area contributed by atoms with Gasteiger partial charge in [-0.2, -0.15) is 0 Å². The summed E-state index contributed by atoms with van der Waals surface area (Å²) in [5, 5.41) is 2.72. The third-order valence-corrected chi connectivity index (χ3v) is 4.66. The zero-order valence-electron chi connectivity index (χ0n) is 12.5. The SMILES string of the molecule is C=C(C)C(=O)NCCC(=O)N1CCC2CCCCC2C1. The molecular formula is C16H26N2O2. The van der Waals surface area contributed by atoms with Gasteiger partial charge in [0.25, 0.3) is 0 Å². The Morgan fingerprint density at radius 2 is 1.90 bits per heavy atom. The second-order valence-electron chi connectivity index (χ2n) is 6.22. The van der Waals surface area contributed by atoms with E-state index in [9.17, 15) is 9.59 Å². The molecule has 0 spiro atoms. The minimum atomic E-state index is -0.163. The van der Waals surface area contributed by atoms with Crippen LogP contribution in [0.3, 0.4) is 0 Å². The first-order valence-corrected chi connectivity index (χ1v) is 7.79. The van der Waals surface area contributed by atoms with Gasteiger partial charge >= 0.3 is 0 Å². The molecular weight excluding hydrogens is 252 g/mol. The first-order valence-electron chi connectivity index (χ1n) is 7.79. The van der Waals surface area contributed by atoms with E-state index in [4.69, 9.17) is 0 Å². The minimum Gasteiger partial charge on any atom is -0.352 e. The maximum Gasteiger partial charge on any atom is 0.246 e. The van der Waals surface area contributed by atoms with Crippen molar-refractivity contribution in [3.63, 3.8) is 0 Å². The average Bonchev–Trinajstić information content (AvgIpc) is 2.46. The Bertz CT molecular complexity index is 392. The van der Waals surface area contributed by atoms with E-state index >= 15 is 0 Å². The predicted molar refractivity (Wildman–Crippen MR) is 79.1 cm³/mol. The van der Waals surface area contributed by atoms with E-state index in [0.717, 1.165) is 25.4 Å². The lowest BCUT2D eigenvalue weighted by Crippen LogP contribution is -2.45. The largest absolute Gasteiger partial charge is 0.352 e. The van der Waals surface area contributed by atoms with Gasteiger partial charge in [0.2, 0.25) is 11.8 Å². The fraction of sp³-hybridized carbons (Fsp3) is 0.750. The highest BCUT2D eigenvalue weighted by Gasteiger charge is 2.32. The second-order valence-corrected chi connectivity index (χ2v) is 6.22. The molecule has 112 valence electrons. The van der Waals surface area contributed by atoms with E-state index in [1.165, 1.54) is 25.7 Å². The zero-order chi connectivity index (χ0) is 14.5. The van der Waals surface area contributed by atoms with Crippen molar-refractivity contribution in [3.05, 3.63) is 12.2 Å². The molecule has 1 heterocycles. The summed E-state index contributed by atoms with van der Waals surface area (Å²) >= 11 is 0. The standard InChI is InChI=1S/C16H26N2O2/c1-12(2)16(20)17-9-7-15(19)18-10-8-13-5-3-4-6-14(13)11-18/h13-14H,1,3-11H2,2H3,(H,17,20). The van der Waals surface area contributed by atoms with E-state index in [0.29, 0.717) is 24.5 Å². The Balaban J connectivity index is 1.73. The van der Waals surface area contributed by atoms with Crippen LogP contribution in [0.25, 0.3) is 0 Å². The summed E-state index contributed by atoms with van der Waals surface area (Å²) < 4.78 is 0. The number of fused-ring (bicyclic) bond motifs is 1. The smallest absolute Gasteiger partial charge is 0.246 e. The number of carbonyl (C=O) groups excluding carboxylic acids is 2. The number of piperidine rings is 1. The minimum absolute atomic E-state index is 0.163. The van der Waals surface area contributed by atoms with Crippen molar-refractivity contribution in [2.75, 3.05) is 19.6 Å². The summed E-state index contributed by atoms with van der Waals surface area (Å²) in [6, 6.07) is 0. The van der Waals surface area contributed by atoms with Crippen molar-refractivity contribution < 1.29 is 9.59 Å². The fourth-order valence-corrected chi connectivity index (χ4v) is 3.42. The van der Waals surface area contributed by atoms with Crippen LogP contribution >= 0.6 is 0 Å². The quantitative estimate of drug-likeness (QED) is 0.801. The second kappa shape index (κ2) is 6.91. The van der Waals surface area contributed by atoms with Gasteiger partial charge in [-0.05, 0) is 31.6 Å². The van der Waals surface area contributed by atoms with Gasteiger partial charge in [0.1, 0.15) is 0 Å². The van der Waals surface area contributed by atoms with Crippen LogP contribution in [0.1, 0.15) is 45.4 Å². The van der Waals surface area contributed by atoms with Gasteiger partial charge in [0.05, 0.1) is 0 Å². The normalized spacial score (nSPS) is 25.8. The van der Waals surface area contributed by atoms with Crippen LogP contribution in [-0.2, 0) is 9.59 Å². The van der Waals surface area contributed by atoms with Crippen LogP contribution in [0.15, 0.2) is 12.2 Å². The van der Waals surface area contributed by atoms with Crippen LogP contribution < -0.4 is 5.32 Å². The van der Waals surface area contributed by atoms with Crippen LogP contribution in [0, 0.1) is 11.8 Å². The summed E-state index contributed by atoms with van der Waals surface area (Å²) in [6.07, 6.45) is 6.87. The topological polar surface area (TPSA) is 49.4 Å². The van der Waals surface area contributed by atoms with Crippen molar-refractivity contribution in [1.82, 2.24) is 10.2 Å². The lowest BCUT2D eigenvalue weighted by atomic mass is 9.75. The third-order valence-electron chi connectivity index (χ3n) is 4.66. The average molecular weight is 278 g/mol. The predicted octanol–water partition coefficient (Wildman–Crippen LogP) is 2.11. The molecule has 0 bridgehead atoms. The molecule has 1 saturated carbocycles. The first kappa shape index (κ1) is 15.1. The molecule has 4 nitrogen and oxygen atoms in total. The highest BCUT2D eigenvalue weighted by molar-refractivity contribution is 5.92. The Morgan fingerprint density at radius 3 is 2.60 bits per heavy atom. The maximum atomic E-state index is 12.2. The molecule has 1 aliphatic carbocycles. The molecule has 2 rings (SSSR count). The molecule has 2 fully saturated rings. The van der Waals surface area contributed by atoms with Crippen molar-refractivity contribution in [2.24, 2.45) is 11.8 Å². The number of carbonyl (C=O) groups is 2. The van der Waals surface area contributed by atoms with Crippen LogP contribution in [0.2, 0.25) is 0 Å². The van der Waals surface area contributed by atoms with Gasteiger partial charge in [-0.15, -0.1) is 0 Å². The van der Waals surface area contributed by atoms with Crippen LogP contribution in [-0.4, -0.2) is 36.3 Å². The van der Waals surface area contributed by atoms with Gasteiger partial charge in [-0.3, -0.25) is 9.59 Å². The Kier molecular flexibility index (Phi) is 5.21. The Labute approximate surface area is 121 Å². The molecule has 2 aliphatic rings. The molecule has 20 heavy (non-hydrogen) atoms. The number of hydrogen-bond donors (Lipinski definition) is 1. The number of hydrogen-bond acceptors (Lipinski definition) is 2. The molecule has 2 amide bonds. The summed E-state index contributed by atoms with van der Waals surface area (Å²) in [6.45, 7) is 7.49. The highest BCUT2D eigenvalue weighted by Crippen LogP contribution is 2.36. The molecule has 1 saturated heterocycles. The van der Waals surface area contributed by atoms with E-state index in [1.807, 2.05) is 4.90 Å². The van der Waals surface area contributed by atoms with Crippen LogP contribution in [0.5, 0.6) is 0 Å². The van der Waals surface area contributed by atoms with Crippen molar-refractivity contribution in [2.45, 2.75) is 45.4 Å². The van der Waals surface area contributed by atoms with Crippen LogP contribution in [0.4, 0.5) is 0 Å². The van der Waals surface area contributed by atoms with Gasteiger partial charge in [-0.25, -0.2) is 0 Å². The highest BCUT2D eigenvalue weighted by atomic mass is 16.2. The summed E-state index contributed by atoms with van der Waals surface area (Å²) in [4.78, 5) is 25.5. The fourth-order valence-electron chi connectivity index (χ4n) is 3.42. The van der Waals surface area contributed by atoms with Gasteiger partial charge in [0, 0.05) is 31.6 Å². The number of amides is 2. The molecule has 2 unspecified atom stereocenters. The Morgan fingerprint density at radius 1 is 1.20 bits per heavy atom. The number of likely N-dealkylation sites (tertiary alicyclic amines) is 1. The van der Waals surface area contributed by atoms with E-state index < -0.39 is 0 Å². The summed E-state index contributed by atoms with van der Waals surface area (Å²) in [5.41, 5.74) is 0.487. The lowest BCUT2D eigenvalue weighted by molar-refractivity contribution is -0.134. The molecule has 0 aromatic rings. The van der Waals surface area contributed by atoms with Crippen molar-refractivity contribution in [1.29, 1.82) is 0 Å². The van der Waals surface area contributed by atoms with Crippen molar-refractivity contribution in [3.8, 4) is 0 Å². The number of rotatable bonds is 4. The van der Waals surface area contributed by atoms with Gasteiger partial charge in [0.15, 0.2) is 0 Å². The van der Waals surface area contributed by atoms with E-state index in [-0.39, 0.29) is 11.8 Å². The summed E-state index contributed by atoms with van der Waals surface area (Å²) in [7, 11) is 0. The molecule has 1 N–H and O–H groups in total. The first-order chi connectivity index (χ1) is 9.58. The Hall–Kier alpha value is -1.32.